The van der Waals surface area contributed by atoms with Crippen molar-refractivity contribution in [2.24, 2.45) is 0 Å². The van der Waals surface area contributed by atoms with Gasteiger partial charge in [0.1, 0.15) is 28.5 Å². The van der Waals surface area contributed by atoms with Crippen LogP contribution < -0.4 is 14.8 Å². The highest BCUT2D eigenvalue weighted by molar-refractivity contribution is 7.22. The Morgan fingerprint density at radius 2 is 1.86 bits per heavy atom. The van der Waals surface area contributed by atoms with E-state index in [-0.39, 0.29) is 47.7 Å². The molecule has 2 aliphatic carbocycles. The summed E-state index contributed by atoms with van der Waals surface area (Å²) in [4.78, 5) is 16.3. The Morgan fingerprint density at radius 1 is 1.11 bits per heavy atom. The number of carbonyl (C=O) groups is 1. The number of nitrogens with one attached hydrogen (secondary N) is 1. The highest BCUT2D eigenvalue weighted by Crippen LogP contribution is 2.46. The van der Waals surface area contributed by atoms with E-state index in [4.69, 9.17) is 19.0 Å². The smallest absolute Gasteiger partial charge is 0.489 e. The van der Waals surface area contributed by atoms with Gasteiger partial charge in [-0.25, -0.2) is 9.78 Å². The number of fused-ring (bicyclic) bond motifs is 1. The van der Waals surface area contributed by atoms with Crippen LogP contribution in [0, 0.1) is 0 Å². The standard InChI is InChI=1S/C31H32F3N3O6S/c1-16(2)41-24-13-18(29(38)39)14-25-27(24)36-30(44-25)35-19-9-11-20(12-10-19)40-15-22-26(37-43-28(22)17-7-8-17)21-5-3-4-6-23(21)42-31(32,33)34/h3-6,13-14,16-17,19-20H,7-12,15H2,1-2H3,(H,35,36)(H,38,39). The van der Waals surface area contributed by atoms with Gasteiger partial charge in [-0.1, -0.05) is 28.6 Å². The Hall–Kier alpha value is -3.84. The van der Waals surface area contributed by atoms with Crippen LogP contribution in [0.15, 0.2) is 40.9 Å². The lowest BCUT2D eigenvalue weighted by atomic mass is 9.93. The average Bonchev–Trinajstić information content (AvgIpc) is 3.59. The number of aromatic carboxylic acids is 1. The molecule has 0 saturated heterocycles. The van der Waals surface area contributed by atoms with Gasteiger partial charge in [0.2, 0.25) is 0 Å². The molecule has 2 saturated carbocycles. The molecule has 2 N–H and O–H groups in total. The van der Waals surface area contributed by atoms with Crippen LogP contribution in [0.25, 0.3) is 21.5 Å². The molecule has 0 atom stereocenters. The molecule has 44 heavy (non-hydrogen) atoms. The van der Waals surface area contributed by atoms with Crippen LogP contribution in [0.5, 0.6) is 11.5 Å². The van der Waals surface area contributed by atoms with E-state index in [2.05, 4.69) is 15.2 Å². The Balaban J connectivity index is 1.11. The molecule has 234 valence electrons. The van der Waals surface area contributed by atoms with E-state index in [1.54, 1.807) is 18.2 Å². The number of ether oxygens (including phenoxy) is 3. The first-order valence-corrected chi connectivity index (χ1v) is 15.4. The van der Waals surface area contributed by atoms with Gasteiger partial charge in [-0.2, -0.15) is 0 Å². The molecule has 2 aromatic heterocycles. The van der Waals surface area contributed by atoms with Crippen LogP contribution in [0.3, 0.4) is 0 Å². The van der Waals surface area contributed by atoms with Crippen LogP contribution in [-0.2, 0) is 11.3 Å². The number of halogens is 3. The monoisotopic (exact) mass is 631 g/mol. The molecular weight excluding hydrogens is 599 g/mol. The van der Waals surface area contributed by atoms with Crippen molar-refractivity contribution in [3.05, 3.63) is 53.3 Å². The second kappa shape index (κ2) is 12.3. The molecule has 9 nitrogen and oxygen atoms in total. The predicted octanol–water partition coefficient (Wildman–Crippen LogP) is 8.15. The van der Waals surface area contributed by atoms with E-state index in [1.807, 2.05) is 13.8 Å². The molecule has 0 aliphatic heterocycles. The van der Waals surface area contributed by atoms with Crippen molar-refractivity contribution in [3.8, 4) is 22.8 Å². The number of nitrogens with zero attached hydrogens (tertiary/aromatic N) is 2. The molecule has 6 rings (SSSR count). The zero-order valence-electron chi connectivity index (χ0n) is 24.1. The second-order valence-corrected chi connectivity index (χ2v) is 12.5. The number of thiazole rings is 1. The number of hydrogen-bond donors (Lipinski definition) is 2. The van der Waals surface area contributed by atoms with Crippen LogP contribution in [-0.4, -0.2) is 45.8 Å². The van der Waals surface area contributed by atoms with E-state index < -0.39 is 12.3 Å². The Kier molecular flexibility index (Phi) is 8.42. The van der Waals surface area contributed by atoms with Crippen molar-refractivity contribution in [2.75, 3.05) is 5.32 Å². The molecule has 0 bridgehead atoms. The minimum Gasteiger partial charge on any atom is -0.489 e. The fourth-order valence-electron chi connectivity index (χ4n) is 5.49. The Labute approximate surface area is 255 Å². The fourth-order valence-corrected chi connectivity index (χ4v) is 6.49. The highest BCUT2D eigenvalue weighted by Gasteiger charge is 2.36. The maximum Gasteiger partial charge on any atom is 0.573 e. The topological polar surface area (TPSA) is 116 Å². The van der Waals surface area contributed by atoms with Crippen molar-refractivity contribution >= 4 is 32.7 Å². The predicted molar refractivity (Wildman–Crippen MR) is 157 cm³/mol. The lowest BCUT2D eigenvalue weighted by Gasteiger charge is -2.29. The van der Waals surface area contributed by atoms with Crippen LogP contribution >= 0.6 is 11.3 Å². The molecule has 2 aliphatic rings. The van der Waals surface area contributed by atoms with Crippen LogP contribution in [0.4, 0.5) is 18.3 Å². The van der Waals surface area contributed by atoms with Crippen molar-refractivity contribution in [1.29, 1.82) is 0 Å². The third-order valence-corrected chi connectivity index (χ3v) is 8.60. The van der Waals surface area contributed by atoms with E-state index in [1.165, 1.54) is 29.5 Å². The largest absolute Gasteiger partial charge is 0.573 e. The molecule has 4 aromatic rings. The van der Waals surface area contributed by atoms with Gasteiger partial charge in [0.05, 0.1) is 29.1 Å². The van der Waals surface area contributed by atoms with Crippen LogP contribution in [0.2, 0.25) is 0 Å². The number of para-hydroxylation sites is 1. The first-order chi connectivity index (χ1) is 21.0. The van der Waals surface area contributed by atoms with Gasteiger partial charge in [-0.15, -0.1) is 13.2 Å². The number of anilines is 1. The minimum atomic E-state index is -4.83. The maximum absolute atomic E-state index is 13.1. The number of rotatable bonds is 11. The van der Waals surface area contributed by atoms with E-state index in [0.717, 1.165) is 43.2 Å². The summed E-state index contributed by atoms with van der Waals surface area (Å²) in [5, 5.41) is 17.9. The molecule has 2 aromatic carbocycles. The number of aromatic nitrogens is 2. The summed E-state index contributed by atoms with van der Waals surface area (Å²) in [5.74, 6) is -0.0525. The molecule has 0 amide bonds. The van der Waals surface area contributed by atoms with E-state index in [9.17, 15) is 23.1 Å². The molecule has 0 spiro atoms. The first kappa shape index (κ1) is 30.2. The van der Waals surface area contributed by atoms with Gasteiger partial charge in [0.15, 0.2) is 5.13 Å². The number of hydrogen-bond acceptors (Lipinski definition) is 9. The minimum absolute atomic E-state index is 0.0379. The third kappa shape index (κ3) is 6.94. The first-order valence-electron chi connectivity index (χ1n) is 14.6. The van der Waals surface area contributed by atoms with E-state index >= 15 is 0 Å². The molecule has 2 heterocycles. The summed E-state index contributed by atoms with van der Waals surface area (Å²) in [6, 6.07) is 9.20. The molecular formula is C31H32F3N3O6S. The summed E-state index contributed by atoms with van der Waals surface area (Å²) in [7, 11) is 0. The fraction of sp³-hybridized carbons (Fsp3) is 0.452. The lowest BCUT2D eigenvalue weighted by Crippen LogP contribution is -2.29. The zero-order chi connectivity index (χ0) is 31.0. The summed E-state index contributed by atoms with van der Waals surface area (Å²) >= 11 is 1.39. The van der Waals surface area contributed by atoms with Crippen molar-refractivity contribution in [1.82, 2.24) is 10.1 Å². The SMILES string of the molecule is CC(C)Oc1cc(C(=O)O)cc2sc(NC3CCC(OCc4c(-c5ccccc5OC(F)(F)F)noc4C4CC4)CC3)nc12. The lowest BCUT2D eigenvalue weighted by molar-refractivity contribution is -0.274. The molecule has 13 heteroatoms. The van der Waals surface area contributed by atoms with Gasteiger partial charge in [-0.3, -0.25) is 0 Å². The highest BCUT2D eigenvalue weighted by atomic mass is 32.1. The quantitative estimate of drug-likeness (QED) is 0.169. The number of carboxylic acids is 1. The Morgan fingerprint density at radius 3 is 2.55 bits per heavy atom. The summed E-state index contributed by atoms with van der Waals surface area (Å²) < 4.78 is 62.0. The Bertz CT molecular complexity index is 1640. The van der Waals surface area contributed by atoms with Gasteiger partial charge in [0.25, 0.3) is 0 Å². The normalized spacial score (nSPS) is 19.0. The van der Waals surface area contributed by atoms with Crippen molar-refractivity contribution in [2.45, 2.75) is 89.5 Å². The zero-order valence-corrected chi connectivity index (χ0v) is 25.0. The average molecular weight is 632 g/mol. The van der Waals surface area contributed by atoms with E-state index in [0.29, 0.717) is 33.4 Å². The summed E-state index contributed by atoms with van der Waals surface area (Å²) in [6.07, 6.45) is 0.0774. The molecule has 0 unspecified atom stereocenters. The number of benzene rings is 2. The number of alkyl halides is 3. The summed E-state index contributed by atoms with van der Waals surface area (Å²) in [5.41, 5.74) is 1.97. The third-order valence-electron chi connectivity index (χ3n) is 7.67. The van der Waals surface area contributed by atoms with Gasteiger partial charge in [-0.05, 0) is 76.6 Å². The molecule has 2 fully saturated rings. The summed E-state index contributed by atoms with van der Waals surface area (Å²) in [6.45, 7) is 3.93. The molecule has 0 radical (unpaired) electrons. The second-order valence-electron chi connectivity index (χ2n) is 11.4. The van der Waals surface area contributed by atoms with Crippen molar-refractivity contribution in [3.63, 3.8) is 0 Å². The van der Waals surface area contributed by atoms with Gasteiger partial charge < -0.3 is 29.2 Å². The van der Waals surface area contributed by atoms with Crippen LogP contribution in [0.1, 0.15) is 80.0 Å². The van der Waals surface area contributed by atoms with Crippen molar-refractivity contribution < 1.29 is 41.8 Å². The number of carboxylic acid groups (broad SMARTS) is 1. The maximum atomic E-state index is 13.1. The van der Waals surface area contributed by atoms with Gasteiger partial charge >= 0.3 is 12.3 Å². The van der Waals surface area contributed by atoms with Gasteiger partial charge in [0, 0.05) is 23.1 Å².